The topological polar surface area (TPSA) is 103 Å². The van der Waals surface area contributed by atoms with E-state index in [-0.39, 0.29) is 11.6 Å². The summed E-state index contributed by atoms with van der Waals surface area (Å²) in [5, 5.41) is 32.8. The van der Waals surface area contributed by atoms with Crippen molar-refractivity contribution in [3.05, 3.63) is 65.7 Å². The fourth-order valence-electron chi connectivity index (χ4n) is 2.69. The highest BCUT2D eigenvalue weighted by molar-refractivity contribution is 6.16. The zero-order valence-electron chi connectivity index (χ0n) is 11.8. The maximum absolute atomic E-state index is 11.0. The van der Waals surface area contributed by atoms with Crippen molar-refractivity contribution in [2.45, 2.75) is 5.79 Å². The van der Waals surface area contributed by atoms with E-state index in [1.54, 1.807) is 30.3 Å². The van der Waals surface area contributed by atoms with Crippen molar-refractivity contribution in [1.29, 1.82) is 0 Å². The van der Waals surface area contributed by atoms with Gasteiger partial charge in [0.05, 0.1) is 10.8 Å². The Hall–Kier alpha value is -3.19. The second-order valence-corrected chi connectivity index (χ2v) is 5.12. The molecule has 1 aliphatic rings. The van der Waals surface area contributed by atoms with Crippen molar-refractivity contribution >= 4 is 16.6 Å². The molecule has 3 aromatic rings. The van der Waals surface area contributed by atoms with E-state index < -0.39 is 5.79 Å². The number of aliphatic hydroxyl groups is 1. The normalized spacial score (nSPS) is 20.3. The van der Waals surface area contributed by atoms with Gasteiger partial charge in [-0.15, -0.1) is 5.10 Å². The predicted molar refractivity (Wildman–Crippen MR) is 82.8 cm³/mol. The molecule has 2 heterocycles. The van der Waals surface area contributed by atoms with Crippen LogP contribution < -0.4 is 0 Å². The molecule has 7 heteroatoms. The van der Waals surface area contributed by atoms with Crippen molar-refractivity contribution < 1.29 is 15.1 Å². The Morgan fingerprint density at radius 2 is 1.74 bits per heavy atom. The summed E-state index contributed by atoms with van der Waals surface area (Å²) in [5.41, 5.74) is 1.53. The van der Waals surface area contributed by atoms with Gasteiger partial charge in [0.2, 0.25) is 0 Å². The van der Waals surface area contributed by atoms with E-state index >= 15 is 0 Å². The lowest BCUT2D eigenvalue weighted by Gasteiger charge is -2.27. The van der Waals surface area contributed by atoms with Crippen LogP contribution in [0.5, 0.6) is 5.88 Å². The Bertz CT molecular complexity index is 933. The number of aromatic nitrogens is 1. The van der Waals surface area contributed by atoms with Gasteiger partial charge in [0.1, 0.15) is 0 Å². The molecule has 0 bridgehead atoms. The number of benzene rings is 2. The smallest absolute Gasteiger partial charge is 0.308 e. The summed E-state index contributed by atoms with van der Waals surface area (Å²) in [5.74, 6) is -2.06. The molecule has 2 aromatic carbocycles. The molecular formula is C16H12N4O3. The third-order valence-corrected chi connectivity index (χ3v) is 3.76. The van der Waals surface area contributed by atoms with Gasteiger partial charge in [-0.3, -0.25) is 0 Å². The van der Waals surface area contributed by atoms with Gasteiger partial charge in [0, 0.05) is 16.5 Å². The summed E-state index contributed by atoms with van der Waals surface area (Å²) >= 11 is 0. The maximum Gasteiger partial charge on any atom is 0.308 e. The Kier molecular flexibility index (Phi) is 2.88. The third kappa shape index (κ3) is 1.98. The van der Waals surface area contributed by atoms with Gasteiger partial charge in [0.15, 0.2) is 11.6 Å². The van der Waals surface area contributed by atoms with Gasteiger partial charge >= 0.3 is 5.79 Å². The number of para-hydroxylation sites is 1. The Balaban J connectivity index is 1.96. The van der Waals surface area contributed by atoms with E-state index in [0.717, 1.165) is 0 Å². The minimum Gasteiger partial charge on any atom is -0.494 e. The van der Waals surface area contributed by atoms with Crippen molar-refractivity contribution in [1.82, 2.24) is 4.98 Å². The standard InChI is InChI=1S/C16H12N4O3/c21-15-13(11-8-4-5-9-12(11)17-15)14-16(22,23-20-19-18-14)10-6-2-1-3-7-10/h1-9,17,21-22H. The number of aromatic hydroxyl groups is 1. The third-order valence-electron chi connectivity index (χ3n) is 3.76. The first-order valence-corrected chi connectivity index (χ1v) is 6.95. The van der Waals surface area contributed by atoms with Crippen LogP contribution in [0.25, 0.3) is 10.9 Å². The van der Waals surface area contributed by atoms with Crippen molar-refractivity contribution in [2.24, 2.45) is 15.6 Å². The molecule has 0 saturated carbocycles. The lowest BCUT2D eigenvalue weighted by Crippen LogP contribution is -2.39. The molecule has 0 fully saturated rings. The quantitative estimate of drug-likeness (QED) is 0.678. The molecule has 4 rings (SSSR count). The fraction of sp³-hybridized carbons (Fsp3) is 0.0625. The maximum atomic E-state index is 11.0. The fourth-order valence-corrected chi connectivity index (χ4v) is 2.69. The molecule has 1 aliphatic heterocycles. The summed E-state index contributed by atoms with van der Waals surface area (Å²) in [4.78, 5) is 8.00. The van der Waals surface area contributed by atoms with Crippen LogP contribution in [0.15, 0.2) is 70.2 Å². The summed E-state index contributed by atoms with van der Waals surface area (Å²) in [6, 6.07) is 16.0. The number of aromatic amines is 1. The number of hydrogen-bond donors (Lipinski definition) is 3. The van der Waals surface area contributed by atoms with Crippen LogP contribution in [0, 0.1) is 0 Å². The van der Waals surface area contributed by atoms with Crippen molar-refractivity contribution in [2.75, 3.05) is 0 Å². The van der Waals surface area contributed by atoms with Crippen LogP contribution in [0.1, 0.15) is 11.1 Å². The minimum absolute atomic E-state index is 0.0636. The average molecular weight is 308 g/mol. The molecule has 1 unspecified atom stereocenters. The molecule has 114 valence electrons. The van der Waals surface area contributed by atoms with Gasteiger partial charge in [-0.2, -0.15) is 0 Å². The van der Waals surface area contributed by atoms with E-state index in [1.165, 1.54) is 0 Å². The minimum atomic E-state index is -1.94. The molecular weight excluding hydrogens is 296 g/mol. The van der Waals surface area contributed by atoms with Crippen LogP contribution in [0.4, 0.5) is 0 Å². The first kappa shape index (κ1) is 13.5. The van der Waals surface area contributed by atoms with E-state index in [4.69, 9.17) is 4.84 Å². The van der Waals surface area contributed by atoms with Crippen LogP contribution >= 0.6 is 0 Å². The molecule has 0 amide bonds. The predicted octanol–water partition coefficient (Wildman–Crippen LogP) is 2.82. The Morgan fingerprint density at radius 1 is 1.00 bits per heavy atom. The number of rotatable bonds is 2. The highest BCUT2D eigenvalue weighted by Crippen LogP contribution is 2.37. The van der Waals surface area contributed by atoms with E-state index in [0.29, 0.717) is 22.0 Å². The lowest BCUT2D eigenvalue weighted by molar-refractivity contribution is -0.169. The number of nitrogens with one attached hydrogen (secondary N) is 1. The zero-order valence-corrected chi connectivity index (χ0v) is 11.8. The highest BCUT2D eigenvalue weighted by atomic mass is 16.7. The molecule has 7 nitrogen and oxygen atoms in total. The van der Waals surface area contributed by atoms with Crippen molar-refractivity contribution in [3.63, 3.8) is 0 Å². The molecule has 1 atom stereocenters. The summed E-state index contributed by atoms with van der Waals surface area (Å²) in [7, 11) is 0. The van der Waals surface area contributed by atoms with Gasteiger partial charge < -0.3 is 20.0 Å². The highest BCUT2D eigenvalue weighted by Gasteiger charge is 2.44. The van der Waals surface area contributed by atoms with E-state index in [9.17, 15) is 10.2 Å². The summed E-state index contributed by atoms with van der Waals surface area (Å²) in [6.45, 7) is 0. The van der Waals surface area contributed by atoms with Gasteiger partial charge in [-0.05, 0) is 11.3 Å². The van der Waals surface area contributed by atoms with Crippen LogP contribution in [0.2, 0.25) is 0 Å². The first-order valence-electron chi connectivity index (χ1n) is 6.95. The molecule has 0 saturated heterocycles. The first-order chi connectivity index (χ1) is 11.2. The molecule has 0 aliphatic carbocycles. The number of H-pyrrole nitrogens is 1. The molecule has 3 N–H and O–H groups in total. The molecule has 23 heavy (non-hydrogen) atoms. The number of hydrogen-bond acceptors (Lipinski definition) is 6. The summed E-state index contributed by atoms with van der Waals surface area (Å²) in [6.07, 6.45) is 0. The van der Waals surface area contributed by atoms with E-state index in [1.807, 2.05) is 24.3 Å². The second-order valence-electron chi connectivity index (χ2n) is 5.12. The Labute approximate surface area is 130 Å². The van der Waals surface area contributed by atoms with Crippen LogP contribution in [0.3, 0.4) is 0 Å². The van der Waals surface area contributed by atoms with Crippen LogP contribution in [-0.4, -0.2) is 20.9 Å². The SMILES string of the molecule is Oc1[nH]c2ccccc2c1C1=NN=NOC1(O)c1ccccc1. The molecule has 1 aromatic heterocycles. The van der Waals surface area contributed by atoms with Gasteiger partial charge in [0.25, 0.3) is 0 Å². The largest absolute Gasteiger partial charge is 0.494 e. The van der Waals surface area contributed by atoms with Crippen LogP contribution in [-0.2, 0) is 10.6 Å². The molecule has 0 radical (unpaired) electrons. The van der Waals surface area contributed by atoms with E-state index in [2.05, 4.69) is 20.6 Å². The number of fused-ring (bicyclic) bond motifs is 1. The average Bonchev–Trinajstić information content (AvgIpc) is 2.92. The van der Waals surface area contributed by atoms with Gasteiger partial charge in [-0.25, -0.2) is 0 Å². The lowest BCUT2D eigenvalue weighted by atomic mass is 9.94. The van der Waals surface area contributed by atoms with Crippen molar-refractivity contribution in [3.8, 4) is 5.88 Å². The van der Waals surface area contributed by atoms with Gasteiger partial charge in [-0.1, -0.05) is 48.5 Å². The summed E-state index contributed by atoms with van der Waals surface area (Å²) < 4.78 is 0. The number of nitrogens with zero attached hydrogens (tertiary/aromatic N) is 3. The monoisotopic (exact) mass is 308 g/mol. The Morgan fingerprint density at radius 3 is 2.57 bits per heavy atom. The second kappa shape index (κ2) is 4.92. The zero-order chi connectivity index (χ0) is 15.9. The molecule has 0 spiro atoms.